The average molecular weight is 449 g/mol. The van der Waals surface area contributed by atoms with Crippen molar-refractivity contribution in [2.24, 2.45) is 0 Å². The number of nitriles is 1. The lowest BCUT2D eigenvalue weighted by molar-refractivity contribution is 0.323. The third kappa shape index (κ3) is 3.72. The lowest BCUT2D eigenvalue weighted by Crippen LogP contribution is -2.40. The molecule has 0 saturated heterocycles. The lowest BCUT2D eigenvalue weighted by atomic mass is 9.92. The van der Waals surface area contributed by atoms with Crippen molar-refractivity contribution < 1.29 is 8.42 Å². The number of aromatic nitrogens is 2. The SMILES string of the molecule is CC(C)(C)NS(=O)(=O)c1ccc(-c2c(C#N)c3cc(C4CC4)cnc3n2C2CCC2)cc1. The maximum atomic E-state index is 12.7. The van der Waals surface area contributed by atoms with Gasteiger partial charge < -0.3 is 4.57 Å². The Morgan fingerprint density at radius 1 is 1.12 bits per heavy atom. The molecule has 0 amide bonds. The van der Waals surface area contributed by atoms with Gasteiger partial charge in [0.05, 0.1) is 16.2 Å². The van der Waals surface area contributed by atoms with Crippen LogP contribution < -0.4 is 4.72 Å². The Bertz CT molecular complexity index is 1330. The van der Waals surface area contributed by atoms with Gasteiger partial charge in [-0.05, 0) is 88.1 Å². The molecule has 2 aromatic heterocycles. The fraction of sp³-hybridized carbons (Fsp3) is 0.440. The van der Waals surface area contributed by atoms with E-state index < -0.39 is 15.6 Å². The predicted octanol–water partition coefficient (Wildman–Crippen LogP) is 5.25. The van der Waals surface area contributed by atoms with Crippen molar-refractivity contribution >= 4 is 21.1 Å². The minimum absolute atomic E-state index is 0.218. The zero-order valence-electron chi connectivity index (χ0n) is 18.7. The molecule has 166 valence electrons. The van der Waals surface area contributed by atoms with Gasteiger partial charge in [-0.3, -0.25) is 0 Å². The van der Waals surface area contributed by atoms with Crippen LogP contribution in [0.1, 0.15) is 76.0 Å². The number of hydrogen-bond donors (Lipinski definition) is 1. The van der Waals surface area contributed by atoms with Crippen LogP contribution in [0.3, 0.4) is 0 Å². The van der Waals surface area contributed by atoms with E-state index in [1.54, 1.807) is 12.1 Å². The third-order valence-electron chi connectivity index (χ3n) is 6.34. The van der Waals surface area contributed by atoms with Crippen molar-refractivity contribution in [2.75, 3.05) is 0 Å². The molecule has 1 N–H and O–H groups in total. The van der Waals surface area contributed by atoms with Crippen LogP contribution in [0.15, 0.2) is 41.4 Å². The van der Waals surface area contributed by atoms with Crippen molar-refractivity contribution in [3.63, 3.8) is 0 Å². The molecule has 7 heteroatoms. The zero-order valence-corrected chi connectivity index (χ0v) is 19.5. The molecule has 2 saturated carbocycles. The van der Waals surface area contributed by atoms with E-state index in [0.29, 0.717) is 17.5 Å². The second-order valence-electron chi connectivity index (χ2n) is 10.1. The molecule has 0 atom stereocenters. The van der Waals surface area contributed by atoms with Gasteiger partial charge in [0, 0.05) is 23.2 Å². The Kier molecular flexibility index (Phi) is 4.92. The van der Waals surface area contributed by atoms with Crippen LogP contribution in [-0.2, 0) is 10.0 Å². The normalized spacial score (nSPS) is 17.3. The van der Waals surface area contributed by atoms with Gasteiger partial charge in [-0.25, -0.2) is 18.1 Å². The van der Waals surface area contributed by atoms with Crippen molar-refractivity contribution in [1.29, 1.82) is 5.26 Å². The minimum Gasteiger partial charge on any atom is -0.321 e. The van der Waals surface area contributed by atoms with E-state index >= 15 is 0 Å². The van der Waals surface area contributed by atoms with E-state index in [0.717, 1.165) is 35.1 Å². The van der Waals surface area contributed by atoms with Crippen LogP contribution in [0.5, 0.6) is 0 Å². The number of nitrogens with one attached hydrogen (secondary N) is 1. The molecule has 0 spiro atoms. The Hall–Kier alpha value is -2.69. The Labute approximate surface area is 189 Å². The highest BCUT2D eigenvalue weighted by Gasteiger charge is 2.31. The summed E-state index contributed by atoms with van der Waals surface area (Å²) in [7, 11) is -3.62. The van der Waals surface area contributed by atoms with Gasteiger partial charge in [-0.1, -0.05) is 12.1 Å². The first kappa shape index (κ1) is 21.2. The van der Waals surface area contributed by atoms with Gasteiger partial charge in [0.1, 0.15) is 11.7 Å². The van der Waals surface area contributed by atoms with Gasteiger partial charge in [-0.2, -0.15) is 5.26 Å². The fourth-order valence-electron chi connectivity index (χ4n) is 4.49. The van der Waals surface area contributed by atoms with E-state index in [1.165, 1.54) is 24.8 Å². The summed E-state index contributed by atoms with van der Waals surface area (Å²) >= 11 is 0. The summed E-state index contributed by atoms with van der Waals surface area (Å²) < 4.78 is 30.3. The summed E-state index contributed by atoms with van der Waals surface area (Å²) in [5.41, 5.74) is 3.82. The Morgan fingerprint density at radius 3 is 2.34 bits per heavy atom. The average Bonchev–Trinajstić information content (AvgIpc) is 3.48. The smallest absolute Gasteiger partial charge is 0.241 e. The molecule has 2 aliphatic rings. The van der Waals surface area contributed by atoms with Crippen LogP contribution in [-0.4, -0.2) is 23.5 Å². The maximum Gasteiger partial charge on any atom is 0.241 e. The molecule has 5 rings (SSSR count). The molecule has 3 aromatic rings. The van der Waals surface area contributed by atoms with Gasteiger partial charge in [0.2, 0.25) is 10.0 Å². The highest BCUT2D eigenvalue weighted by atomic mass is 32.2. The zero-order chi connectivity index (χ0) is 22.7. The first-order valence-corrected chi connectivity index (χ1v) is 12.7. The van der Waals surface area contributed by atoms with Gasteiger partial charge >= 0.3 is 0 Å². The number of nitrogens with zero attached hydrogens (tertiary/aromatic N) is 3. The second kappa shape index (κ2) is 7.43. The van der Waals surface area contributed by atoms with Crippen molar-refractivity contribution in [3.05, 3.63) is 47.7 Å². The highest BCUT2D eigenvalue weighted by Crippen LogP contribution is 2.45. The molecule has 1 aromatic carbocycles. The third-order valence-corrected chi connectivity index (χ3v) is 8.12. The first-order chi connectivity index (χ1) is 15.2. The molecular weight excluding hydrogens is 420 g/mol. The van der Waals surface area contributed by atoms with E-state index in [1.807, 2.05) is 39.1 Å². The predicted molar refractivity (Wildman–Crippen MR) is 125 cm³/mol. The maximum absolute atomic E-state index is 12.7. The fourth-order valence-corrected chi connectivity index (χ4v) is 5.91. The molecule has 0 radical (unpaired) electrons. The number of sulfonamides is 1. The Morgan fingerprint density at radius 2 is 1.81 bits per heavy atom. The van der Waals surface area contributed by atoms with Gasteiger partial charge in [-0.15, -0.1) is 0 Å². The molecule has 2 heterocycles. The summed E-state index contributed by atoms with van der Waals surface area (Å²) in [5.74, 6) is 0.564. The molecule has 2 aliphatic carbocycles. The van der Waals surface area contributed by atoms with Crippen LogP contribution in [0, 0.1) is 11.3 Å². The molecular formula is C25H28N4O2S. The molecule has 0 aliphatic heterocycles. The molecule has 0 unspecified atom stereocenters. The lowest BCUT2D eigenvalue weighted by Gasteiger charge is -2.29. The topological polar surface area (TPSA) is 87.8 Å². The highest BCUT2D eigenvalue weighted by molar-refractivity contribution is 7.89. The Balaban J connectivity index is 1.64. The van der Waals surface area contributed by atoms with E-state index in [9.17, 15) is 13.7 Å². The summed E-state index contributed by atoms with van der Waals surface area (Å²) in [6.45, 7) is 5.45. The summed E-state index contributed by atoms with van der Waals surface area (Å²) in [6.07, 6.45) is 7.63. The molecule has 32 heavy (non-hydrogen) atoms. The number of hydrogen-bond acceptors (Lipinski definition) is 4. The van der Waals surface area contributed by atoms with Crippen molar-refractivity contribution in [3.8, 4) is 17.3 Å². The molecule has 0 bridgehead atoms. The van der Waals surface area contributed by atoms with Crippen LogP contribution >= 0.6 is 0 Å². The van der Waals surface area contributed by atoms with E-state index in [-0.39, 0.29) is 4.90 Å². The summed E-state index contributed by atoms with van der Waals surface area (Å²) in [4.78, 5) is 5.02. The number of fused-ring (bicyclic) bond motifs is 1. The van der Waals surface area contributed by atoms with E-state index in [2.05, 4.69) is 21.4 Å². The monoisotopic (exact) mass is 448 g/mol. The standard InChI is InChI=1S/C25H28N4O2S/c1-25(2,3)28-32(30,31)20-11-9-17(10-12-20)23-22(14-26)21-13-18(16-7-8-16)15-27-24(21)29(23)19-5-4-6-19/h9-13,15-16,19,28H,4-8H2,1-3H3. The van der Waals surface area contributed by atoms with Crippen LogP contribution in [0.2, 0.25) is 0 Å². The van der Waals surface area contributed by atoms with Crippen molar-refractivity contribution in [2.45, 2.75) is 75.3 Å². The van der Waals surface area contributed by atoms with Crippen LogP contribution in [0.25, 0.3) is 22.3 Å². The number of benzene rings is 1. The van der Waals surface area contributed by atoms with E-state index in [4.69, 9.17) is 4.98 Å². The van der Waals surface area contributed by atoms with Gasteiger partial charge in [0.25, 0.3) is 0 Å². The number of rotatable bonds is 5. The first-order valence-electron chi connectivity index (χ1n) is 11.3. The number of pyridine rings is 1. The summed E-state index contributed by atoms with van der Waals surface area (Å²) in [6, 6.07) is 11.8. The van der Waals surface area contributed by atoms with Gasteiger partial charge in [0.15, 0.2) is 0 Å². The summed E-state index contributed by atoms with van der Waals surface area (Å²) in [5, 5.41) is 11.0. The van der Waals surface area contributed by atoms with Crippen molar-refractivity contribution in [1.82, 2.24) is 14.3 Å². The quantitative estimate of drug-likeness (QED) is 0.577. The largest absolute Gasteiger partial charge is 0.321 e. The molecule has 2 fully saturated rings. The minimum atomic E-state index is -3.62. The molecule has 6 nitrogen and oxygen atoms in total. The second-order valence-corrected chi connectivity index (χ2v) is 11.8. The van der Waals surface area contributed by atoms with Crippen LogP contribution in [0.4, 0.5) is 0 Å².